The van der Waals surface area contributed by atoms with Gasteiger partial charge >= 0.3 is 0 Å². The highest BCUT2D eigenvalue weighted by molar-refractivity contribution is 7.15. The Morgan fingerprint density at radius 2 is 2.00 bits per heavy atom. The molecule has 0 atom stereocenters. The van der Waals surface area contributed by atoms with Crippen LogP contribution >= 0.6 is 11.3 Å². The van der Waals surface area contributed by atoms with E-state index in [0.29, 0.717) is 0 Å². The van der Waals surface area contributed by atoms with Crippen molar-refractivity contribution in [2.75, 3.05) is 12.4 Å². The Hall–Kier alpha value is -1.42. The second-order valence-corrected chi connectivity index (χ2v) is 4.25. The van der Waals surface area contributed by atoms with Gasteiger partial charge in [-0.25, -0.2) is 0 Å². The van der Waals surface area contributed by atoms with Crippen molar-refractivity contribution in [2.24, 2.45) is 0 Å². The summed E-state index contributed by atoms with van der Waals surface area (Å²) >= 11 is 1.73. The topological polar surface area (TPSA) is 37.8 Å². The number of thiophene rings is 1. The van der Waals surface area contributed by atoms with Crippen LogP contribution in [0.25, 0.3) is 10.6 Å². The predicted molar refractivity (Wildman–Crippen MR) is 59.6 cm³/mol. The van der Waals surface area contributed by atoms with Crippen LogP contribution < -0.4 is 5.32 Å². The van der Waals surface area contributed by atoms with Crippen molar-refractivity contribution < 1.29 is 0 Å². The van der Waals surface area contributed by atoms with Crippen LogP contribution in [0.15, 0.2) is 24.3 Å². The molecule has 0 bridgehead atoms. The van der Waals surface area contributed by atoms with Crippen molar-refractivity contribution in [1.29, 1.82) is 0 Å². The zero-order valence-corrected chi connectivity index (χ0v) is 8.93. The summed E-state index contributed by atoms with van der Waals surface area (Å²) in [5, 5.41) is 11.1. The summed E-state index contributed by atoms with van der Waals surface area (Å²) in [4.78, 5) is 2.46. The first-order valence-corrected chi connectivity index (χ1v) is 5.19. The summed E-state index contributed by atoms with van der Waals surface area (Å²) in [6, 6.07) is 8.07. The van der Waals surface area contributed by atoms with E-state index >= 15 is 0 Å². The highest BCUT2D eigenvalue weighted by atomic mass is 32.1. The molecule has 2 aromatic rings. The molecule has 0 amide bonds. The normalized spacial score (nSPS) is 10.1. The number of hydrogen-bond acceptors (Lipinski definition) is 4. The Labute approximate surface area is 86.8 Å². The van der Waals surface area contributed by atoms with Gasteiger partial charge in [-0.15, -0.1) is 21.5 Å². The van der Waals surface area contributed by atoms with E-state index < -0.39 is 0 Å². The maximum absolute atomic E-state index is 4.13. The van der Waals surface area contributed by atoms with Gasteiger partial charge in [-0.1, -0.05) is 0 Å². The molecule has 2 aromatic heterocycles. The van der Waals surface area contributed by atoms with Crippen molar-refractivity contribution in [3.05, 3.63) is 29.1 Å². The lowest BCUT2D eigenvalue weighted by atomic mass is 10.3. The second kappa shape index (κ2) is 3.75. The zero-order valence-electron chi connectivity index (χ0n) is 8.11. The molecule has 14 heavy (non-hydrogen) atoms. The smallest absolute Gasteiger partial charge is 0.148 e. The third-order valence-electron chi connectivity index (χ3n) is 1.91. The molecule has 4 heteroatoms. The van der Waals surface area contributed by atoms with Crippen LogP contribution in [0.1, 0.15) is 4.88 Å². The van der Waals surface area contributed by atoms with Crippen molar-refractivity contribution in [3.8, 4) is 10.6 Å². The highest BCUT2D eigenvalue weighted by Crippen LogP contribution is 2.25. The van der Waals surface area contributed by atoms with Crippen LogP contribution in [-0.4, -0.2) is 17.2 Å². The summed E-state index contributed by atoms with van der Waals surface area (Å²) in [5.74, 6) is 0.794. The lowest BCUT2D eigenvalue weighted by molar-refractivity contribution is 1.04. The van der Waals surface area contributed by atoms with Gasteiger partial charge in [0.1, 0.15) is 11.5 Å². The summed E-state index contributed by atoms with van der Waals surface area (Å²) in [5.41, 5.74) is 0.933. The van der Waals surface area contributed by atoms with E-state index in [1.165, 1.54) is 4.88 Å². The summed E-state index contributed by atoms with van der Waals surface area (Å²) in [6.07, 6.45) is 0. The Morgan fingerprint density at radius 1 is 1.14 bits per heavy atom. The average molecular weight is 205 g/mol. The monoisotopic (exact) mass is 205 g/mol. The van der Waals surface area contributed by atoms with E-state index in [2.05, 4.69) is 34.6 Å². The number of nitrogens with zero attached hydrogens (tertiary/aromatic N) is 2. The number of anilines is 1. The van der Waals surface area contributed by atoms with Gasteiger partial charge in [-0.3, -0.25) is 0 Å². The second-order valence-electron chi connectivity index (χ2n) is 2.96. The first-order chi connectivity index (χ1) is 6.79. The molecule has 0 unspecified atom stereocenters. The molecule has 0 saturated carbocycles. The summed E-state index contributed by atoms with van der Waals surface area (Å²) in [6.45, 7) is 2.09. The minimum atomic E-state index is 0.794. The number of aryl methyl sites for hydroxylation is 1. The fourth-order valence-corrected chi connectivity index (χ4v) is 2.00. The predicted octanol–water partition coefficient (Wildman–Crippen LogP) is 2.56. The van der Waals surface area contributed by atoms with Crippen LogP contribution in [-0.2, 0) is 0 Å². The standard InChI is InChI=1S/C10H11N3S/c1-7-3-5-9(14-7)8-4-6-10(11-2)13-12-8/h3-6H,1-2H3,(H,11,13). The number of aromatic nitrogens is 2. The third-order valence-corrected chi connectivity index (χ3v) is 2.94. The van der Waals surface area contributed by atoms with Gasteiger partial charge in [0.15, 0.2) is 0 Å². The number of nitrogens with one attached hydrogen (secondary N) is 1. The molecule has 72 valence electrons. The van der Waals surface area contributed by atoms with E-state index in [0.717, 1.165) is 16.4 Å². The molecule has 3 nitrogen and oxygen atoms in total. The van der Waals surface area contributed by atoms with E-state index in [1.807, 2.05) is 19.2 Å². The lowest BCUT2D eigenvalue weighted by Crippen LogP contribution is -1.94. The third kappa shape index (κ3) is 1.75. The SMILES string of the molecule is CNc1ccc(-c2ccc(C)s2)nn1. The maximum Gasteiger partial charge on any atom is 0.148 e. The van der Waals surface area contributed by atoms with Crippen LogP contribution in [0.2, 0.25) is 0 Å². The molecule has 2 rings (SSSR count). The van der Waals surface area contributed by atoms with Gasteiger partial charge in [0.25, 0.3) is 0 Å². The Kier molecular flexibility index (Phi) is 2.45. The number of hydrogen-bond donors (Lipinski definition) is 1. The van der Waals surface area contributed by atoms with E-state index in [9.17, 15) is 0 Å². The molecule has 0 aliphatic heterocycles. The summed E-state index contributed by atoms with van der Waals surface area (Å²) < 4.78 is 0. The molecular formula is C10H11N3S. The van der Waals surface area contributed by atoms with Gasteiger partial charge in [-0.05, 0) is 31.2 Å². The number of rotatable bonds is 2. The van der Waals surface area contributed by atoms with Crippen molar-refractivity contribution in [3.63, 3.8) is 0 Å². The summed E-state index contributed by atoms with van der Waals surface area (Å²) in [7, 11) is 1.83. The Bertz CT molecular complexity index is 419. The minimum absolute atomic E-state index is 0.794. The van der Waals surface area contributed by atoms with Crippen molar-refractivity contribution >= 4 is 17.2 Å². The largest absolute Gasteiger partial charge is 0.372 e. The quantitative estimate of drug-likeness (QED) is 0.818. The van der Waals surface area contributed by atoms with Crippen LogP contribution in [0.4, 0.5) is 5.82 Å². The lowest BCUT2D eigenvalue weighted by Gasteiger charge is -1.98. The molecule has 0 fully saturated rings. The molecule has 2 heterocycles. The van der Waals surface area contributed by atoms with Crippen LogP contribution in [0.3, 0.4) is 0 Å². The first kappa shape index (κ1) is 9.15. The van der Waals surface area contributed by atoms with Gasteiger partial charge < -0.3 is 5.32 Å². The molecule has 1 N–H and O–H groups in total. The van der Waals surface area contributed by atoms with Gasteiger partial charge in [0.05, 0.1) is 4.88 Å². The zero-order chi connectivity index (χ0) is 9.97. The molecule has 0 aliphatic rings. The molecule has 0 radical (unpaired) electrons. The van der Waals surface area contributed by atoms with Gasteiger partial charge in [-0.2, -0.15) is 0 Å². The van der Waals surface area contributed by atoms with Crippen LogP contribution in [0, 0.1) is 6.92 Å². The Balaban J connectivity index is 2.33. The molecular weight excluding hydrogens is 194 g/mol. The van der Waals surface area contributed by atoms with E-state index in [-0.39, 0.29) is 0 Å². The van der Waals surface area contributed by atoms with Gasteiger partial charge in [0.2, 0.25) is 0 Å². The van der Waals surface area contributed by atoms with Crippen molar-refractivity contribution in [2.45, 2.75) is 6.92 Å². The first-order valence-electron chi connectivity index (χ1n) is 4.38. The average Bonchev–Trinajstić information content (AvgIpc) is 2.65. The minimum Gasteiger partial charge on any atom is -0.372 e. The fraction of sp³-hybridized carbons (Fsp3) is 0.200. The maximum atomic E-state index is 4.13. The van der Waals surface area contributed by atoms with Crippen LogP contribution in [0.5, 0.6) is 0 Å². The Morgan fingerprint density at radius 3 is 2.50 bits per heavy atom. The molecule has 0 aromatic carbocycles. The molecule has 0 aliphatic carbocycles. The van der Waals surface area contributed by atoms with E-state index in [4.69, 9.17) is 0 Å². The van der Waals surface area contributed by atoms with E-state index in [1.54, 1.807) is 11.3 Å². The van der Waals surface area contributed by atoms with Crippen molar-refractivity contribution in [1.82, 2.24) is 10.2 Å². The van der Waals surface area contributed by atoms with Gasteiger partial charge in [0, 0.05) is 11.9 Å². The molecule has 0 saturated heterocycles. The highest BCUT2D eigenvalue weighted by Gasteiger charge is 2.02. The fourth-order valence-electron chi connectivity index (χ4n) is 1.17. The molecule has 0 spiro atoms.